The van der Waals surface area contributed by atoms with Gasteiger partial charge in [-0.2, -0.15) is 0 Å². The molecule has 4 atom stereocenters. The molecule has 2 aliphatic carbocycles. The van der Waals surface area contributed by atoms with Crippen molar-refractivity contribution in [3.63, 3.8) is 0 Å². The molecule has 0 aromatic heterocycles. The topological polar surface area (TPSA) is 29.1 Å². The number of carbonyl (C=O) groups excluding carboxylic acids is 1. The van der Waals surface area contributed by atoms with Gasteiger partial charge in [0.2, 0.25) is 0 Å². The van der Waals surface area contributed by atoms with Gasteiger partial charge in [0.15, 0.2) is 5.78 Å². The Kier molecular flexibility index (Phi) is 4.17. The molecule has 21 heavy (non-hydrogen) atoms. The number of carbonyl (C=O) groups is 1. The van der Waals surface area contributed by atoms with Crippen LogP contribution in [0.4, 0.5) is 0 Å². The molecule has 0 spiro atoms. The van der Waals surface area contributed by atoms with Crippen molar-refractivity contribution in [3.05, 3.63) is 34.9 Å². The van der Waals surface area contributed by atoms with Crippen molar-refractivity contribution in [2.24, 2.45) is 17.8 Å². The van der Waals surface area contributed by atoms with Gasteiger partial charge in [-0.25, -0.2) is 0 Å². The first-order valence-electron chi connectivity index (χ1n) is 8.38. The monoisotopic (exact) mass is 285 g/mol. The smallest absolute Gasteiger partial charge is 0.176 e. The zero-order valence-electron chi connectivity index (χ0n) is 13.5. The molecular formula is C19H27NO. The van der Waals surface area contributed by atoms with E-state index in [0.717, 1.165) is 28.9 Å². The molecule has 0 radical (unpaired) electrons. The lowest BCUT2D eigenvalue weighted by Gasteiger charge is -2.28. The van der Waals surface area contributed by atoms with Crippen molar-refractivity contribution in [2.75, 3.05) is 6.54 Å². The van der Waals surface area contributed by atoms with Crippen LogP contribution in [0.2, 0.25) is 0 Å². The summed E-state index contributed by atoms with van der Waals surface area (Å²) < 4.78 is 0. The summed E-state index contributed by atoms with van der Waals surface area (Å²) in [5.74, 6) is 2.89. The van der Waals surface area contributed by atoms with E-state index in [1.165, 1.54) is 31.2 Å². The van der Waals surface area contributed by atoms with Gasteiger partial charge in [0.05, 0.1) is 6.54 Å². The van der Waals surface area contributed by atoms with Gasteiger partial charge in [-0.3, -0.25) is 4.79 Å². The van der Waals surface area contributed by atoms with Gasteiger partial charge >= 0.3 is 0 Å². The van der Waals surface area contributed by atoms with E-state index in [9.17, 15) is 4.79 Å². The molecule has 4 unspecified atom stereocenters. The number of aryl methyl sites for hydroxylation is 2. The minimum atomic E-state index is 0.225. The van der Waals surface area contributed by atoms with E-state index < -0.39 is 0 Å². The first kappa shape index (κ1) is 14.8. The molecule has 0 amide bonds. The summed E-state index contributed by atoms with van der Waals surface area (Å²) in [6.07, 6.45) is 5.65. The van der Waals surface area contributed by atoms with Gasteiger partial charge in [-0.05, 0) is 63.4 Å². The summed E-state index contributed by atoms with van der Waals surface area (Å²) in [7, 11) is 0. The summed E-state index contributed by atoms with van der Waals surface area (Å²) in [6.45, 7) is 6.83. The fraction of sp³-hybridized carbons (Fsp3) is 0.632. The summed E-state index contributed by atoms with van der Waals surface area (Å²) in [5, 5.41) is 3.50. The van der Waals surface area contributed by atoms with E-state index in [2.05, 4.69) is 25.2 Å². The molecule has 2 bridgehead atoms. The fourth-order valence-electron chi connectivity index (χ4n) is 4.53. The van der Waals surface area contributed by atoms with Crippen LogP contribution in [0.5, 0.6) is 0 Å². The lowest BCUT2D eigenvalue weighted by Crippen LogP contribution is -2.39. The second-order valence-electron chi connectivity index (χ2n) is 7.25. The first-order chi connectivity index (χ1) is 10.0. The molecule has 1 aromatic carbocycles. The third-order valence-electron chi connectivity index (χ3n) is 5.70. The standard InChI is InChI=1S/C19H27NO/c1-12-4-7-17(13(2)8-12)19(21)11-20-14(3)18-10-15-5-6-16(18)9-15/h4,7-8,14-16,18,20H,5-6,9-11H2,1-3H3. The summed E-state index contributed by atoms with van der Waals surface area (Å²) in [4.78, 5) is 12.4. The van der Waals surface area contributed by atoms with Gasteiger partial charge in [-0.1, -0.05) is 30.2 Å². The Balaban J connectivity index is 1.56. The van der Waals surface area contributed by atoms with Crippen LogP contribution in [0.3, 0.4) is 0 Å². The van der Waals surface area contributed by atoms with Crippen LogP contribution in [-0.2, 0) is 0 Å². The van der Waals surface area contributed by atoms with Crippen molar-refractivity contribution in [1.82, 2.24) is 5.32 Å². The molecule has 2 fully saturated rings. The third-order valence-corrected chi connectivity index (χ3v) is 5.70. The number of hydrogen-bond acceptors (Lipinski definition) is 2. The summed E-state index contributed by atoms with van der Waals surface area (Å²) >= 11 is 0. The normalized spacial score (nSPS) is 28.8. The molecule has 114 valence electrons. The predicted octanol–water partition coefficient (Wildman–Crippen LogP) is 3.90. The van der Waals surface area contributed by atoms with Crippen molar-refractivity contribution in [1.29, 1.82) is 0 Å². The lowest BCUT2D eigenvalue weighted by atomic mass is 9.84. The average molecular weight is 285 g/mol. The van der Waals surface area contributed by atoms with Gasteiger partial charge < -0.3 is 5.32 Å². The molecule has 2 nitrogen and oxygen atoms in total. The highest BCUT2D eigenvalue weighted by atomic mass is 16.1. The van der Waals surface area contributed by atoms with Gasteiger partial charge in [0, 0.05) is 11.6 Å². The number of nitrogens with one attached hydrogen (secondary N) is 1. The quantitative estimate of drug-likeness (QED) is 0.831. The second kappa shape index (κ2) is 5.92. The Morgan fingerprint density at radius 3 is 2.71 bits per heavy atom. The molecule has 0 saturated heterocycles. The van der Waals surface area contributed by atoms with E-state index in [4.69, 9.17) is 0 Å². The minimum Gasteiger partial charge on any atom is -0.307 e. The van der Waals surface area contributed by atoms with Crippen molar-refractivity contribution in [2.45, 2.75) is 52.5 Å². The number of Topliss-reactive ketones (excluding diaryl/α,β-unsaturated/α-hetero) is 1. The number of benzene rings is 1. The Hall–Kier alpha value is -1.15. The molecule has 1 aromatic rings. The van der Waals surface area contributed by atoms with Crippen LogP contribution >= 0.6 is 0 Å². The Labute approximate surface area is 128 Å². The van der Waals surface area contributed by atoms with Crippen LogP contribution in [0.1, 0.15) is 54.1 Å². The van der Waals surface area contributed by atoms with Gasteiger partial charge in [-0.15, -0.1) is 0 Å². The average Bonchev–Trinajstić information content (AvgIpc) is 3.07. The van der Waals surface area contributed by atoms with E-state index in [1.807, 2.05) is 19.1 Å². The van der Waals surface area contributed by atoms with E-state index in [0.29, 0.717) is 12.6 Å². The van der Waals surface area contributed by atoms with Crippen LogP contribution in [0.15, 0.2) is 18.2 Å². The molecular weight excluding hydrogens is 258 g/mol. The molecule has 2 saturated carbocycles. The maximum Gasteiger partial charge on any atom is 0.176 e. The van der Waals surface area contributed by atoms with Crippen molar-refractivity contribution < 1.29 is 4.79 Å². The lowest BCUT2D eigenvalue weighted by molar-refractivity contribution is 0.0981. The summed E-state index contributed by atoms with van der Waals surface area (Å²) in [6, 6.07) is 6.55. The molecule has 2 aliphatic rings. The highest BCUT2D eigenvalue weighted by Crippen LogP contribution is 2.49. The highest BCUT2D eigenvalue weighted by molar-refractivity contribution is 5.99. The van der Waals surface area contributed by atoms with E-state index in [-0.39, 0.29) is 5.78 Å². The predicted molar refractivity (Wildman–Crippen MR) is 86.6 cm³/mol. The maximum atomic E-state index is 12.4. The molecule has 0 heterocycles. The number of ketones is 1. The van der Waals surface area contributed by atoms with Crippen molar-refractivity contribution in [3.8, 4) is 0 Å². The largest absolute Gasteiger partial charge is 0.307 e. The SMILES string of the molecule is Cc1ccc(C(=O)CNC(C)C2CC3CCC2C3)c(C)c1. The first-order valence-corrected chi connectivity index (χ1v) is 8.38. The van der Waals surface area contributed by atoms with Crippen LogP contribution in [0.25, 0.3) is 0 Å². The van der Waals surface area contributed by atoms with E-state index in [1.54, 1.807) is 0 Å². The molecule has 0 aliphatic heterocycles. The molecule has 3 rings (SSSR count). The molecule has 2 heteroatoms. The zero-order valence-corrected chi connectivity index (χ0v) is 13.5. The Bertz CT molecular complexity index is 536. The second-order valence-corrected chi connectivity index (χ2v) is 7.25. The summed E-state index contributed by atoms with van der Waals surface area (Å²) in [5.41, 5.74) is 3.18. The number of fused-ring (bicyclic) bond motifs is 2. The van der Waals surface area contributed by atoms with E-state index >= 15 is 0 Å². The van der Waals surface area contributed by atoms with Gasteiger partial charge in [0.1, 0.15) is 0 Å². The van der Waals surface area contributed by atoms with Crippen LogP contribution in [-0.4, -0.2) is 18.4 Å². The van der Waals surface area contributed by atoms with Gasteiger partial charge in [0.25, 0.3) is 0 Å². The maximum absolute atomic E-state index is 12.4. The number of hydrogen-bond donors (Lipinski definition) is 1. The molecule has 1 N–H and O–H groups in total. The Morgan fingerprint density at radius 2 is 2.10 bits per heavy atom. The fourth-order valence-corrected chi connectivity index (χ4v) is 4.53. The van der Waals surface area contributed by atoms with Crippen LogP contribution < -0.4 is 5.32 Å². The van der Waals surface area contributed by atoms with Crippen molar-refractivity contribution >= 4 is 5.78 Å². The number of rotatable bonds is 5. The minimum absolute atomic E-state index is 0.225. The third kappa shape index (κ3) is 3.06. The zero-order chi connectivity index (χ0) is 15.0. The Morgan fingerprint density at radius 1 is 1.29 bits per heavy atom. The highest BCUT2D eigenvalue weighted by Gasteiger charge is 2.41. The van der Waals surface area contributed by atoms with Crippen LogP contribution in [0, 0.1) is 31.6 Å².